The zero-order chi connectivity index (χ0) is 14.4. The SMILES string of the molecule is COc1ccc(CCN(C)C(=O)C=O)cc1C(C)C. The number of rotatable bonds is 6. The van der Waals surface area contributed by atoms with E-state index in [1.54, 1.807) is 14.2 Å². The Labute approximate surface area is 114 Å². The van der Waals surface area contributed by atoms with Gasteiger partial charge in [0.2, 0.25) is 6.29 Å². The molecule has 4 nitrogen and oxygen atoms in total. The van der Waals surface area contributed by atoms with Crippen molar-refractivity contribution >= 4 is 12.2 Å². The van der Waals surface area contributed by atoms with E-state index in [1.165, 1.54) is 4.90 Å². The van der Waals surface area contributed by atoms with Gasteiger partial charge in [0.15, 0.2) is 0 Å². The molecule has 0 saturated heterocycles. The van der Waals surface area contributed by atoms with Crippen LogP contribution in [-0.2, 0) is 16.0 Å². The van der Waals surface area contributed by atoms with Gasteiger partial charge in [-0.3, -0.25) is 9.59 Å². The molecule has 1 aromatic rings. The number of ether oxygens (including phenoxy) is 1. The van der Waals surface area contributed by atoms with Crippen LogP contribution in [0.25, 0.3) is 0 Å². The predicted molar refractivity (Wildman–Crippen MR) is 74.5 cm³/mol. The van der Waals surface area contributed by atoms with Crippen molar-refractivity contribution in [3.05, 3.63) is 29.3 Å². The van der Waals surface area contributed by atoms with Crippen LogP contribution in [0.4, 0.5) is 0 Å². The normalized spacial score (nSPS) is 10.4. The fourth-order valence-electron chi connectivity index (χ4n) is 1.89. The Morgan fingerprint density at radius 1 is 1.42 bits per heavy atom. The van der Waals surface area contributed by atoms with E-state index >= 15 is 0 Å². The number of amides is 1. The molecule has 0 spiro atoms. The summed E-state index contributed by atoms with van der Waals surface area (Å²) in [6.07, 6.45) is 1.06. The average Bonchev–Trinajstić information content (AvgIpc) is 2.43. The maximum atomic E-state index is 11.1. The van der Waals surface area contributed by atoms with Crippen molar-refractivity contribution in [1.29, 1.82) is 0 Å². The second-order valence-corrected chi connectivity index (χ2v) is 4.86. The molecule has 0 fully saturated rings. The first-order chi connectivity index (χ1) is 8.99. The van der Waals surface area contributed by atoms with Crippen molar-refractivity contribution in [2.24, 2.45) is 0 Å². The lowest BCUT2D eigenvalue weighted by atomic mass is 9.98. The summed E-state index contributed by atoms with van der Waals surface area (Å²) < 4.78 is 5.33. The molecule has 0 saturated carbocycles. The smallest absolute Gasteiger partial charge is 0.286 e. The van der Waals surface area contributed by atoms with Crippen LogP contribution in [0.2, 0.25) is 0 Å². The van der Waals surface area contributed by atoms with E-state index in [2.05, 4.69) is 19.9 Å². The van der Waals surface area contributed by atoms with Crippen molar-refractivity contribution in [2.75, 3.05) is 20.7 Å². The lowest BCUT2D eigenvalue weighted by Crippen LogP contribution is -2.29. The summed E-state index contributed by atoms with van der Waals surface area (Å²) in [4.78, 5) is 22.9. The molecule has 0 aliphatic rings. The zero-order valence-electron chi connectivity index (χ0n) is 12.0. The summed E-state index contributed by atoms with van der Waals surface area (Å²) in [5.74, 6) is 0.776. The fraction of sp³-hybridized carbons (Fsp3) is 0.467. The molecule has 0 aliphatic heterocycles. The highest BCUT2D eigenvalue weighted by Crippen LogP contribution is 2.27. The third kappa shape index (κ3) is 4.09. The quantitative estimate of drug-likeness (QED) is 0.582. The van der Waals surface area contributed by atoms with Crippen LogP contribution in [0.15, 0.2) is 18.2 Å². The molecule has 0 bridgehead atoms. The number of aldehydes is 1. The minimum atomic E-state index is -0.488. The van der Waals surface area contributed by atoms with Crippen molar-refractivity contribution in [2.45, 2.75) is 26.2 Å². The van der Waals surface area contributed by atoms with Crippen molar-refractivity contribution in [1.82, 2.24) is 4.90 Å². The van der Waals surface area contributed by atoms with Crippen LogP contribution in [-0.4, -0.2) is 37.8 Å². The summed E-state index contributed by atoms with van der Waals surface area (Å²) in [6.45, 7) is 4.76. The van der Waals surface area contributed by atoms with Crippen LogP contribution in [0.1, 0.15) is 30.9 Å². The van der Waals surface area contributed by atoms with E-state index in [-0.39, 0.29) is 0 Å². The fourth-order valence-corrected chi connectivity index (χ4v) is 1.89. The second kappa shape index (κ2) is 6.92. The molecular weight excluding hydrogens is 242 g/mol. The van der Waals surface area contributed by atoms with Crippen LogP contribution >= 0.6 is 0 Å². The van der Waals surface area contributed by atoms with Gasteiger partial charge in [-0.05, 0) is 29.5 Å². The largest absolute Gasteiger partial charge is 0.496 e. The molecular formula is C15H21NO3. The van der Waals surface area contributed by atoms with E-state index < -0.39 is 5.91 Å². The van der Waals surface area contributed by atoms with Gasteiger partial charge in [0.1, 0.15) is 5.75 Å². The maximum absolute atomic E-state index is 11.1. The van der Waals surface area contributed by atoms with Gasteiger partial charge in [0, 0.05) is 13.6 Å². The Kier molecular flexibility index (Phi) is 5.55. The first-order valence-corrected chi connectivity index (χ1v) is 6.36. The van der Waals surface area contributed by atoms with Gasteiger partial charge in [-0.25, -0.2) is 0 Å². The number of hydrogen-bond acceptors (Lipinski definition) is 3. The van der Waals surface area contributed by atoms with E-state index in [0.717, 1.165) is 23.3 Å². The third-order valence-corrected chi connectivity index (χ3v) is 3.13. The van der Waals surface area contributed by atoms with Crippen molar-refractivity contribution in [3.8, 4) is 5.75 Å². The number of benzene rings is 1. The molecule has 0 heterocycles. The standard InChI is InChI=1S/C15H21NO3/c1-11(2)13-9-12(5-6-14(13)19-4)7-8-16(3)15(18)10-17/h5-6,9-11H,7-8H2,1-4H3. The molecule has 104 valence electrons. The number of carbonyl (C=O) groups is 2. The Morgan fingerprint density at radius 2 is 2.11 bits per heavy atom. The molecule has 0 radical (unpaired) electrons. The zero-order valence-corrected chi connectivity index (χ0v) is 12.0. The first-order valence-electron chi connectivity index (χ1n) is 6.36. The molecule has 1 aromatic carbocycles. The summed E-state index contributed by atoms with van der Waals surface area (Å²) in [6, 6.07) is 6.04. The summed E-state index contributed by atoms with van der Waals surface area (Å²) in [5, 5.41) is 0. The van der Waals surface area contributed by atoms with Gasteiger partial charge in [-0.1, -0.05) is 26.0 Å². The van der Waals surface area contributed by atoms with Gasteiger partial charge in [0.25, 0.3) is 5.91 Å². The molecule has 4 heteroatoms. The average molecular weight is 263 g/mol. The number of likely N-dealkylation sites (N-methyl/N-ethyl adjacent to an activating group) is 1. The highest BCUT2D eigenvalue weighted by molar-refractivity contribution is 6.23. The van der Waals surface area contributed by atoms with E-state index in [1.807, 2.05) is 12.1 Å². The summed E-state index contributed by atoms with van der Waals surface area (Å²) in [7, 11) is 3.29. The maximum Gasteiger partial charge on any atom is 0.286 e. The molecule has 1 amide bonds. The second-order valence-electron chi connectivity index (χ2n) is 4.86. The van der Waals surface area contributed by atoms with E-state index in [4.69, 9.17) is 4.74 Å². The minimum absolute atomic E-state index is 0.341. The van der Waals surface area contributed by atoms with Gasteiger partial charge < -0.3 is 9.64 Å². The Hall–Kier alpha value is -1.84. The topological polar surface area (TPSA) is 46.6 Å². The van der Waals surface area contributed by atoms with E-state index in [0.29, 0.717) is 18.7 Å². The number of nitrogens with zero attached hydrogens (tertiary/aromatic N) is 1. The van der Waals surface area contributed by atoms with Gasteiger partial charge in [-0.2, -0.15) is 0 Å². The van der Waals surface area contributed by atoms with Crippen LogP contribution < -0.4 is 4.74 Å². The summed E-state index contributed by atoms with van der Waals surface area (Å²) >= 11 is 0. The highest BCUT2D eigenvalue weighted by Gasteiger charge is 2.10. The van der Waals surface area contributed by atoms with Crippen LogP contribution in [0.5, 0.6) is 5.75 Å². The van der Waals surface area contributed by atoms with Crippen LogP contribution in [0, 0.1) is 0 Å². The molecule has 0 aliphatic carbocycles. The van der Waals surface area contributed by atoms with E-state index in [9.17, 15) is 9.59 Å². The Balaban J connectivity index is 2.77. The van der Waals surface area contributed by atoms with Gasteiger partial charge in [0.05, 0.1) is 7.11 Å². The first kappa shape index (κ1) is 15.2. The molecule has 0 unspecified atom stereocenters. The Morgan fingerprint density at radius 3 is 2.63 bits per heavy atom. The van der Waals surface area contributed by atoms with Crippen LogP contribution in [0.3, 0.4) is 0 Å². The third-order valence-electron chi connectivity index (χ3n) is 3.13. The lowest BCUT2D eigenvalue weighted by molar-refractivity contribution is -0.137. The molecule has 0 N–H and O–H groups in total. The lowest BCUT2D eigenvalue weighted by Gasteiger charge is -2.16. The summed E-state index contributed by atoms with van der Waals surface area (Å²) in [5.41, 5.74) is 2.29. The highest BCUT2D eigenvalue weighted by atomic mass is 16.5. The van der Waals surface area contributed by atoms with Gasteiger partial charge >= 0.3 is 0 Å². The predicted octanol–water partition coefficient (Wildman–Crippen LogP) is 2.02. The molecule has 1 rings (SSSR count). The molecule has 0 aromatic heterocycles. The minimum Gasteiger partial charge on any atom is -0.496 e. The molecule has 0 atom stereocenters. The van der Waals surface area contributed by atoms with Gasteiger partial charge in [-0.15, -0.1) is 0 Å². The van der Waals surface area contributed by atoms with Crippen molar-refractivity contribution < 1.29 is 14.3 Å². The number of methoxy groups -OCH3 is 1. The van der Waals surface area contributed by atoms with Crippen molar-refractivity contribution in [3.63, 3.8) is 0 Å². The monoisotopic (exact) mass is 263 g/mol. The number of hydrogen-bond donors (Lipinski definition) is 0. The Bertz CT molecular complexity index is 455. The number of carbonyl (C=O) groups excluding carboxylic acids is 2. The molecule has 19 heavy (non-hydrogen) atoms.